The molecule has 0 fully saturated rings. The Kier molecular flexibility index (Phi) is 7.86. The molecule has 182 valence electrons. The largest absolute Gasteiger partial charge is 0.492 e. The lowest BCUT2D eigenvalue weighted by molar-refractivity contribution is -0.121. The topological polar surface area (TPSA) is 56.1 Å². The molecule has 1 aromatic heterocycles. The molecular formula is C30H35N3O2. The van der Waals surface area contributed by atoms with Crippen molar-refractivity contribution in [3.8, 4) is 5.75 Å². The summed E-state index contributed by atoms with van der Waals surface area (Å²) in [5.74, 6) is 1.90. The zero-order chi connectivity index (χ0) is 24.7. The van der Waals surface area contributed by atoms with E-state index in [1.165, 1.54) is 11.1 Å². The molecule has 0 unspecified atom stereocenters. The van der Waals surface area contributed by atoms with E-state index < -0.39 is 0 Å². The van der Waals surface area contributed by atoms with Crippen molar-refractivity contribution in [2.75, 3.05) is 13.2 Å². The Morgan fingerprint density at radius 2 is 1.63 bits per heavy atom. The van der Waals surface area contributed by atoms with Gasteiger partial charge in [0.15, 0.2) is 0 Å². The SMILES string of the molecule is CC(C)(C)c1ccc(OCCn2c(CCNC(=O)CCc3ccccc3)nc3ccccc32)cc1. The predicted molar refractivity (Wildman–Crippen MR) is 142 cm³/mol. The number of para-hydroxylation sites is 2. The van der Waals surface area contributed by atoms with Gasteiger partial charge in [-0.1, -0.05) is 75.4 Å². The molecule has 0 atom stereocenters. The third-order valence-electron chi connectivity index (χ3n) is 6.19. The molecule has 5 heteroatoms. The Morgan fingerprint density at radius 3 is 2.37 bits per heavy atom. The fourth-order valence-electron chi connectivity index (χ4n) is 4.18. The van der Waals surface area contributed by atoms with Crippen molar-refractivity contribution in [3.05, 3.63) is 95.8 Å². The van der Waals surface area contributed by atoms with Gasteiger partial charge in [0.05, 0.1) is 17.6 Å². The second-order valence-corrected chi connectivity index (χ2v) is 9.88. The molecule has 0 bridgehead atoms. The van der Waals surface area contributed by atoms with Crippen molar-refractivity contribution in [3.63, 3.8) is 0 Å². The Morgan fingerprint density at radius 1 is 0.914 bits per heavy atom. The van der Waals surface area contributed by atoms with Gasteiger partial charge < -0.3 is 14.6 Å². The maximum atomic E-state index is 12.3. The maximum absolute atomic E-state index is 12.3. The normalized spacial score (nSPS) is 11.5. The first-order chi connectivity index (χ1) is 16.9. The molecule has 0 radical (unpaired) electrons. The highest BCUT2D eigenvalue weighted by Gasteiger charge is 2.14. The van der Waals surface area contributed by atoms with E-state index in [2.05, 4.69) is 61.0 Å². The zero-order valence-corrected chi connectivity index (χ0v) is 21.0. The van der Waals surface area contributed by atoms with Gasteiger partial charge in [0.25, 0.3) is 0 Å². The van der Waals surface area contributed by atoms with E-state index in [-0.39, 0.29) is 11.3 Å². The number of carbonyl (C=O) groups excluding carboxylic acids is 1. The first-order valence-electron chi connectivity index (χ1n) is 12.4. The molecule has 0 aliphatic heterocycles. The number of aryl methyl sites for hydroxylation is 1. The van der Waals surface area contributed by atoms with Gasteiger partial charge >= 0.3 is 0 Å². The van der Waals surface area contributed by atoms with Crippen molar-refractivity contribution in [2.24, 2.45) is 0 Å². The first-order valence-corrected chi connectivity index (χ1v) is 12.4. The van der Waals surface area contributed by atoms with E-state index in [0.717, 1.165) is 29.0 Å². The van der Waals surface area contributed by atoms with Crippen LogP contribution in [0, 0.1) is 0 Å². The number of carbonyl (C=O) groups is 1. The Bertz CT molecular complexity index is 1240. The van der Waals surface area contributed by atoms with Crippen molar-refractivity contribution in [1.29, 1.82) is 0 Å². The third kappa shape index (κ3) is 6.72. The van der Waals surface area contributed by atoms with Crippen LogP contribution in [0.25, 0.3) is 11.0 Å². The molecule has 3 aromatic carbocycles. The summed E-state index contributed by atoms with van der Waals surface area (Å²) in [6.07, 6.45) is 1.91. The quantitative estimate of drug-likeness (QED) is 0.324. The number of nitrogens with zero attached hydrogens (tertiary/aromatic N) is 2. The van der Waals surface area contributed by atoms with Crippen LogP contribution in [0.15, 0.2) is 78.9 Å². The highest BCUT2D eigenvalue weighted by atomic mass is 16.5. The van der Waals surface area contributed by atoms with Gasteiger partial charge in [0, 0.05) is 19.4 Å². The van der Waals surface area contributed by atoms with Crippen molar-refractivity contribution < 1.29 is 9.53 Å². The fraction of sp³-hybridized carbons (Fsp3) is 0.333. The Labute approximate surface area is 208 Å². The molecule has 4 aromatic rings. The molecule has 0 saturated carbocycles. The molecule has 1 heterocycles. The highest BCUT2D eigenvalue weighted by Crippen LogP contribution is 2.24. The average molecular weight is 470 g/mol. The molecule has 35 heavy (non-hydrogen) atoms. The van der Waals surface area contributed by atoms with Gasteiger partial charge in [0.2, 0.25) is 5.91 Å². The van der Waals surface area contributed by atoms with Crippen LogP contribution in [0.4, 0.5) is 0 Å². The van der Waals surface area contributed by atoms with Crippen LogP contribution in [0.1, 0.15) is 44.1 Å². The summed E-state index contributed by atoms with van der Waals surface area (Å²) in [4.78, 5) is 17.1. The summed E-state index contributed by atoms with van der Waals surface area (Å²) in [5, 5.41) is 3.05. The second kappa shape index (κ2) is 11.2. The summed E-state index contributed by atoms with van der Waals surface area (Å²) in [5.41, 5.74) is 4.65. The van der Waals surface area contributed by atoms with Gasteiger partial charge in [0.1, 0.15) is 18.2 Å². The number of amides is 1. The van der Waals surface area contributed by atoms with E-state index in [1.807, 2.05) is 48.5 Å². The summed E-state index contributed by atoms with van der Waals surface area (Å²) in [6, 6.07) is 26.6. The number of hydrogen-bond acceptors (Lipinski definition) is 3. The van der Waals surface area contributed by atoms with Crippen LogP contribution in [0.5, 0.6) is 5.75 Å². The van der Waals surface area contributed by atoms with Crippen molar-refractivity contribution in [2.45, 2.75) is 52.0 Å². The van der Waals surface area contributed by atoms with E-state index in [0.29, 0.717) is 32.5 Å². The minimum absolute atomic E-state index is 0.0681. The van der Waals surface area contributed by atoms with Crippen LogP contribution in [-0.4, -0.2) is 28.6 Å². The van der Waals surface area contributed by atoms with Gasteiger partial charge in [-0.05, 0) is 47.2 Å². The number of imidazole rings is 1. The van der Waals surface area contributed by atoms with Crippen LogP contribution < -0.4 is 10.1 Å². The number of ether oxygens (including phenoxy) is 1. The fourth-order valence-corrected chi connectivity index (χ4v) is 4.18. The standard InChI is InChI=1S/C30H35N3O2/c1-30(2,3)24-14-16-25(17-15-24)35-22-21-33-27-12-8-7-11-26(27)32-28(33)19-20-31-29(34)18-13-23-9-5-4-6-10-23/h4-12,14-17H,13,18-22H2,1-3H3,(H,31,34). The van der Waals surface area contributed by atoms with Crippen LogP contribution >= 0.6 is 0 Å². The minimum atomic E-state index is 0.0681. The number of benzene rings is 3. The Hall–Kier alpha value is -3.60. The molecule has 4 rings (SSSR count). The van der Waals surface area contributed by atoms with Gasteiger partial charge in [-0.25, -0.2) is 4.98 Å². The van der Waals surface area contributed by atoms with E-state index in [9.17, 15) is 4.79 Å². The third-order valence-corrected chi connectivity index (χ3v) is 6.19. The van der Waals surface area contributed by atoms with Crippen LogP contribution in [-0.2, 0) is 29.6 Å². The van der Waals surface area contributed by atoms with E-state index in [1.54, 1.807) is 0 Å². The van der Waals surface area contributed by atoms with Gasteiger partial charge in [-0.3, -0.25) is 4.79 Å². The van der Waals surface area contributed by atoms with Crippen molar-refractivity contribution >= 4 is 16.9 Å². The van der Waals surface area contributed by atoms with Gasteiger partial charge in [-0.15, -0.1) is 0 Å². The molecule has 0 aliphatic carbocycles. The molecule has 0 spiro atoms. The van der Waals surface area contributed by atoms with Crippen molar-refractivity contribution in [1.82, 2.24) is 14.9 Å². The number of rotatable bonds is 10. The minimum Gasteiger partial charge on any atom is -0.492 e. The molecule has 0 saturated heterocycles. The predicted octanol–water partition coefficient (Wildman–Crippen LogP) is 5.70. The summed E-state index contributed by atoms with van der Waals surface area (Å²) >= 11 is 0. The highest BCUT2D eigenvalue weighted by molar-refractivity contribution is 5.77. The maximum Gasteiger partial charge on any atom is 0.220 e. The lowest BCUT2D eigenvalue weighted by atomic mass is 9.87. The van der Waals surface area contributed by atoms with Gasteiger partial charge in [-0.2, -0.15) is 0 Å². The summed E-state index contributed by atoms with van der Waals surface area (Å²) < 4.78 is 8.25. The molecule has 0 aliphatic rings. The van der Waals surface area contributed by atoms with Crippen LogP contribution in [0.2, 0.25) is 0 Å². The zero-order valence-electron chi connectivity index (χ0n) is 21.0. The summed E-state index contributed by atoms with van der Waals surface area (Å²) in [7, 11) is 0. The second-order valence-electron chi connectivity index (χ2n) is 9.88. The average Bonchev–Trinajstić information content (AvgIpc) is 3.20. The summed E-state index contributed by atoms with van der Waals surface area (Å²) in [6.45, 7) is 8.43. The van der Waals surface area contributed by atoms with E-state index in [4.69, 9.17) is 9.72 Å². The molecule has 1 N–H and O–H groups in total. The Balaban J connectivity index is 1.33. The molecule has 1 amide bonds. The lowest BCUT2D eigenvalue weighted by Gasteiger charge is -2.19. The first kappa shape index (κ1) is 24.5. The number of fused-ring (bicyclic) bond motifs is 1. The number of aromatic nitrogens is 2. The number of nitrogens with one attached hydrogen (secondary N) is 1. The number of hydrogen-bond donors (Lipinski definition) is 1. The monoisotopic (exact) mass is 469 g/mol. The smallest absolute Gasteiger partial charge is 0.220 e. The van der Waals surface area contributed by atoms with Crippen LogP contribution in [0.3, 0.4) is 0 Å². The molecule has 5 nitrogen and oxygen atoms in total. The van der Waals surface area contributed by atoms with E-state index >= 15 is 0 Å². The molecular weight excluding hydrogens is 434 g/mol. The lowest BCUT2D eigenvalue weighted by Crippen LogP contribution is -2.27.